The van der Waals surface area contributed by atoms with E-state index in [1.54, 1.807) is 18.2 Å². The van der Waals surface area contributed by atoms with Crippen LogP contribution in [0.1, 0.15) is 16.8 Å². The third-order valence-electron chi connectivity index (χ3n) is 2.39. The molecule has 1 aromatic carbocycles. The predicted octanol–water partition coefficient (Wildman–Crippen LogP) is 1.98. The Morgan fingerprint density at radius 1 is 1.56 bits per heavy atom. The van der Waals surface area contributed by atoms with Crippen molar-refractivity contribution in [1.82, 2.24) is 0 Å². The molecule has 0 aromatic heterocycles. The minimum atomic E-state index is -0.352. The quantitative estimate of drug-likeness (QED) is 0.667. The zero-order valence-electron chi connectivity index (χ0n) is 8.61. The van der Waals surface area contributed by atoms with Gasteiger partial charge in [0.2, 0.25) is 0 Å². The lowest BCUT2D eigenvalue weighted by atomic mass is 10.2. The van der Waals surface area contributed by atoms with E-state index in [1.807, 2.05) is 0 Å². The van der Waals surface area contributed by atoms with Gasteiger partial charge in [0.15, 0.2) is 0 Å². The highest BCUT2D eigenvalue weighted by molar-refractivity contribution is 9.10. The van der Waals surface area contributed by atoms with Crippen LogP contribution in [0.4, 0.5) is 5.69 Å². The Morgan fingerprint density at radius 3 is 3.00 bits per heavy atom. The van der Waals surface area contributed by atoms with Crippen molar-refractivity contribution in [3.63, 3.8) is 0 Å². The molecule has 0 spiro atoms. The van der Waals surface area contributed by atoms with Crippen molar-refractivity contribution >= 4 is 27.6 Å². The minimum absolute atomic E-state index is 0.127. The molecule has 0 amide bonds. The second-order valence-corrected chi connectivity index (χ2v) is 4.48. The number of anilines is 1. The Bertz CT molecular complexity index is 402. The number of carbonyl (C=O) groups is 1. The van der Waals surface area contributed by atoms with E-state index < -0.39 is 0 Å². The molecule has 0 aliphatic carbocycles. The molecule has 0 radical (unpaired) electrons. The third-order valence-corrected chi connectivity index (χ3v) is 3.12. The molecule has 1 aliphatic rings. The largest absolute Gasteiger partial charge is 0.456 e. The topological polar surface area (TPSA) is 61.6 Å². The van der Waals surface area contributed by atoms with Crippen molar-refractivity contribution in [1.29, 1.82) is 0 Å². The van der Waals surface area contributed by atoms with Gasteiger partial charge in [0.1, 0.15) is 6.10 Å². The normalized spacial score (nSPS) is 19.7. The molecule has 1 atom stereocenters. The smallest absolute Gasteiger partial charge is 0.338 e. The number of hydrogen-bond acceptors (Lipinski definition) is 4. The average molecular weight is 286 g/mol. The first kappa shape index (κ1) is 11.4. The van der Waals surface area contributed by atoms with Crippen molar-refractivity contribution in [2.24, 2.45) is 0 Å². The van der Waals surface area contributed by atoms with Gasteiger partial charge < -0.3 is 15.2 Å². The zero-order chi connectivity index (χ0) is 11.5. The summed E-state index contributed by atoms with van der Waals surface area (Å²) in [6.07, 6.45) is 0.634. The standard InChI is InChI=1S/C11H12BrNO3/c12-9-2-1-7(5-10(9)13)11(14)16-8-3-4-15-6-8/h1-2,5,8H,3-4,6,13H2. The lowest BCUT2D eigenvalue weighted by Gasteiger charge is -2.10. The number of ether oxygens (including phenoxy) is 2. The molecule has 86 valence electrons. The number of halogens is 1. The molecule has 5 heteroatoms. The van der Waals surface area contributed by atoms with Gasteiger partial charge in [-0.1, -0.05) is 0 Å². The van der Waals surface area contributed by atoms with Gasteiger partial charge >= 0.3 is 5.97 Å². The second kappa shape index (κ2) is 4.84. The van der Waals surface area contributed by atoms with E-state index >= 15 is 0 Å². The van der Waals surface area contributed by atoms with Crippen LogP contribution in [0.5, 0.6) is 0 Å². The van der Waals surface area contributed by atoms with Gasteiger partial charge in [-0.3, -0.25) is 0 Å². The summed E-state index contributed by atoms with van der Waals surface area (Å²) in [6.45, 7) is 1.14. The van der Waals surface area contributed by atoms with Crippen LogP contribution in [0, 0.1) is 0 Å². The number of hydrogen-bond donors (Lipinski definition) is 1. The molecule has 1 fully saturated rings. The number of esters is 1. The monoisotopic (exact) mass is 285 g/mol. The number of benzene rings is 1. The van der Waals surface area contributed by atoms with Gasteiger partial charge in [0.25, 0.3) is 0 Å². The average Bonchev–Trinajstić information content (AvgIpc) is 2.74. The van der Waals surface area contributed by atoms with Gasteiger partial charge in [-0.2, -0.15) is 0 Å². The summed E-state index contributed by atoms with van der Waals surface area (Å²) < 4.78 is 11.2. The molecule has 4 nitrogen and oxygen atoms in total. The van der Waals surface area contributed by atoms with Crippen LogP contribution in [0.2, 0.25) is 0 Å². The summed E-state index contributed by atoms with van der Waals surface area (Å²) in [5.74, 6) is -0.352. The fraction of sp³-hybridized carbons (Fsp3) is 0.364. The van der Waals surface area contributed by atoms with Crippen LogP contribution < -0.4 is 5.73 Å². The first-order valence-electron chi connectivity index (χ1n) is 5.00. The number of rotatable bonds is 2. The highest BCUT2D eigenvalue weighted by Gasteiger charge is 2.20. The van der Waals surface area contributed by atoms with Gasteiger partial charge in [-0.05, 0) is 34.1 Å². The summed E-state index contributed by atoms with van der Waals surface area (Å²) in [6, 6.07) is 5.01. The van der Waals surface area contributed by atoms with E-state index in [-0.39, 0.29) is 12.1 Å². The summed E-state index contributed by atoms with van der Waals surface area (Å²) in [7, 11) is 0. The first-order chi connectivity index (χ1) is 7.66. The van der Waals surface area contributed by atoms with Crippen LogP contribution >= 0.6 is 15.9 Å². The highest BCUT2D eigenvalue weighted by atomic mass is 79.9. The predicted molar refractivity (Wildman–Crippen MR) is 63.2 cm³/mol. The van der Waals surface area contributed by atoms with E-state index in [9.17, 15) is 4.79 Å². The molecule has 0 bridgehead atoms. The molecule has 1 unspecified atom stereocenters. The molecule has 0 saturated carbocycles. The SMILES string of the molecule is Nc1cc(C(=O)OC2CCOC2)ccc1Br. The fourth-order valence-corrected chi connectivity index (χ4v) is 1.74. The Hall–Kier alpha value is -1.07. The van der Waals surface area contributed by atoms with Gasteiger partial charge in [-0.15, -0.1) is 0 Å². The van der Waals surface area contributed by atoms with Gasteiger partial charge in [-0.25, -0.2) is 4.79 Å². The fourth-order valence-electron chi connectivity index (χ4n) is 1.50. The summed E-state index contributed by atoms with van der Waals surface area (Å²) in [5.41, 5.74) is 6.68. The minimum Gasteiger partial charge on any atom is -0.456 e. The maximum absolute atomic E-state index is 11.7. The molecular formula is C11H12BrNO3. The second-order valence-electron chi connectivity index (χ2n) is 3.63. The summed E-state index contributed by atoms with van der Waals surface area (Å²) >= 11 is 3.27. The Morgan fingerprint density at radius 2 is 2.38 bits per heavy atom. The van der Waals surface area contributed by atoms with Crippen LogP contribution in [0.15, 0.2) is 22.7 Å². The van der Waals surface area contributed by atoms with Crippen LogP contribution in [0.3, 0.4) is 0 Å². The lowest BCUT2D eigenvalue weighted by molar-refractivity contribution is 0.0271. The maximum atomic E-state index is 11.7. The molecule has 1 aromatic rings. The van der Waals surface area contributed by atoms with E-state index in [0.717, 1.165) is 10.9 Å². The van der Waals surface area contributed by atoms with E-state index in [0.29, 0.717) is 24.5 Å². The molecule has 16 heavy (non-hydrogen) atoms. The van der Waals surface area contributed by atoms with Gasteiger partial charge in [0.05, 0.1) is 18.8 Å². The van der Waals surface area contributed by atoms with E-state index in [4.69, 9.17) is 15.2 Å². The molecular weight excluding hydrogens is 274 g/mol. The zero-order valence-corrected chi connectivity index (χ0v) is 10.2. The third kappa shape index (κ3) is 2.54. The van der Waals surface area contributed by atoms with Crippen molar-refractivity contribution in [2.75, 3.05) is 18.9 Å². The number of nitrogen functional groups attached to an aromatic ring is 1. The van der Waals surface area contributed by atoms with Crippen molar-refractivity contribution in [3.8, 4) is 0 Å². The van der Waals surface area contributed by atoms with Crippen molar-refractivity contribution < 1.29 is 14.3 Å². The lowest BCUT2D eigenvalue weighted by Crippen LogP contribution is -2.18. The van der Waals surface area contributed by atoms with Crippen LogP contribution in [-0.4, -0.2) is 25.3 Å². The maximum Gasteiger partial charge on any atom is 0.338 e. The highest BCUT2D eigenvalue weighted by Crippen LogP contribution is 2.21. The number of nitrogens with two attached hydrogens (primary N) is 1. The molecule has 2 N–H and O–H groups in total. The van der Waals surface area contributed by atoms with Crippen molar-refractivity contribution in [2.45, 2.75) is 12.5 Å². The Balaban J connectivity index is 2.05. The number of carbonyl (C=O) groups excluding carboxylic acids is 1. The summed E-state index contributed by atoms with van der Waals surface area (Å²) in [5, 5.41) is 0. The van der Waals surface area contributed by atoms with E-state index in [2.05, 4.69) is 15.9 Å². The van der Waals surface area contributed by atoms with Crippen LogP contribution in [0.25, 0.3) is 0 Å². The Kier molecular flexibility index (Phi) is 3.46. The first-order valence-corrected chi connectivity index (χ1v) is 5.80. The van der Waals surface area contributed by atoms with Gasteiger partial charge in [0, 0.05) is 16.6 Å². The molecule has 1 heterocycles. The van der Waals surface area contributed by atoms with E-state index in [1.165, 1.54) is 0 Å². The molecule has 1 saturated heterocycles. The Labute approximate surface area is 102 Å². The molecule has 1 aliphatic heterocycles. The van der Waals surface area contributed by atoms with Crippen molar-refractivity contribution in [3.05, 3.63) is 28.2 Å². The van der Waals surface area contributed by atoms with Crippen LogP contribution in [-0.2, 0) is 9.47 Å². The summed E-state index contributed by atoms with van der Waals surface area (Å²) in [4.78, 5) is 11.7. The molecule has 2 rings (SSSR count).